The molecule has 2 heterocycles. The Kier molecular flexibility index (Phi) is 2.82. The third-order valence-electron chi connectivity index (χ3n) is 2.09. The van der Waals surface area contributed by atoms with Gasteiger partial charge in [0.1, 0.15) is 0 Å². The first kappa shape index (κ1) is 10.6. The minimum atomic E-state index is 0.391. The van der Waals surface area contributed by atoms with E-state index in [1.54, 1.807) is 11.1 Å². The number of aromatic nitrogens is 3. The maximum absolute atomic E-state index is 5.51. The van der Waals surface area contributed by atoms with E-state index >= 15 is 0 Å². The van der Waals surface area contributed by atoms with Crippen LogP contribution in [-0.2, 0) is 6.54 Å². The number of pyridine rings is 1. The Hall–Kier alpha value is -1.95. The number of hydrogen-bond acceptors (Lipinski definition) is 6. The molecule has 2 N–H and O–H groups in total. The van der Waals surface area contributed by atoms with Gasteiger partial charge in [-0.05, 0) is 17.3 Å². The molecule has 2 aromatic heterocycles. The summed E-state index contributed by atoms with van der Waals surface area (Å²) in [6.07, 6.45) is 1.68. The zero-order valence-electron chi connectivity index (χ0n) is 9.21. The molecule has 6 nitrogen and oxygen atoms in total. The second-order valence-electron chi connectivity index (χ2n) is 3.53. The Labute approximate surface area is 93.1 Å². The number of nitrogens with zero attached hydrogens (tertiary/aromatic N) is 4. The van der Waals surface area contributed by atoms with Crippen molar-refractivity contribution in [1.29, 1.82) is 0 Å². The molecule has 0 aliphatic carbocycles. The first-order valence-corrected chi connectivity index (χ1v) is 4.87. The molecule has 0 aromatic carbocycles. The van der Waals surface area contributed by atoms with E-state index in [0.717, 1.165) is 11.3 Å². The topological polar surface area (TPSA) is 81.1 Å². The lowest BCUT2D eigenvalue weighted by Crippen LogP contribution is -2.10. The maximum atomic E-state index is 5.51. The molecule has 2 rings (SSSR count). The maximum Gasteiger partial charge on any atom is 0.265 e. The summed E-state index contributed by atoms with van der Waals surface area (Å²) < 4.78 is 5.14. The van der Waals surface area contributed by atoms with E-state index in [9.17, 15) is 0 Å². The molecule has 0 amide bonds. The Bertz CT molecular complexity index is 480. The van der Waals surface area contributed by atoms with Crippen molar-refractivity contribution >= 4 is 5.95 Å². The van der Waals surface area contributed by atoms with Crippen LogP contribution in [0.15, 0.2) is 22.9 Å². The summed E-state index contributed by atoms with van der Waals surface area (Å²) in [6.45, 7) is 0.391. The number of rotatable bonds is 3. The molecule has 0 saturated heterocycles. The molecule has 0 unspecified atom stereocenters. The summed E-state index contributed by atoms with van der Waals surface area (Å²) in [5.41, 5.74) is 7.14. The summed E-state index contributed by atoms with van der Waals surface area (Å²) >= 11 is 0. The third kappa shape index (κ3) is 2.01. The van der Waals surface area contributed by atoms with Gasteiger partial charge in [0.2, 0.25) is 0 Å². The molecule has 16 heavy (non-hydrogen) atoms. The van der Waals surface area contributed by atoms with Gasteiger partial charge in [0.25, 0.3) is 11.8 Å². The lowest BCUT2D eigenvalue weighted by atomic mass is 10.2. The predicted molar refractivity (Wildman–Crippen MR) is 59.7 cm³/mol. The second-order valence-corrected chi connectivity index (χ2v) is 3.53. The van der Waals surface area contributed by atoms with Gasteiger partial charge in [0.05, 0.1) is 5.69 Å². The van der Waals surface area contributed by atoms with Crippen molar-refractivity contribution in [3.63, 3.8) is 0 Å². The van der Waals surface area contributed by atoms with Crippen molar-refractivity contribution in [2.75, 3.05) is 19.0 Å². The Morgan fingerprint density at radius 1 is 1.44 bits per heavy atom. The average Bonchev–Trinajstić information content (AvgIpc) is 2.78. The van der Waals surface area contributed by atoms with Crippen molar-refractivity contribution in [1.82, 2.24) is 15.1 Å². The monoisotopic (exact) mass is 219 g/mol. The van der Waals surface area contributed by atoms with E-state index in [-0.39, 0.29) is 0 Å². The van der Waals surface area contributed by atoms with E-state index in [2.05, 4.69) is 15.1 Å². The lowest BCUT2D eigenvalue weighted by Gasteiger charge is -2.02. The molecule has 0 radical (unpaired) electrons. The minimum Gasteiger partial charge on any atom is -0.344 e. The van der Waals surface area contributed by atoms with E-state index in [0.29, 0.717) is 18.4 Å². The summed E-state index contributed by atoms with van der Waals surface area (Å²) in [7, 11) is 3.71. The van der Waals surface area contributed by atoms with E-state index < -0.39 is 0 Å². The van der Waals surface area contributed by atoms with Crippen LogP contribution in [0.3, 0.4) is 0 Å². The lowest BCUT2D eigenvalue weighted by molar-refractivity contribution is 0.430. The van der Waals surface area contributed by atoms with Crippen molar-refractivity contribution in [3.05, 3.63) is 24.0 Å². The molecule has 0 bridgehead atoms. The van der Waals surface area contributed by atoms with E-state index in [4.69, 9.17) is 10.3 Å². The van der Waals surface area contributed by atoms with Gasteiger partial charge in [-0.1, -0.05) is 0 Å². The van der Waals surface area contributed by atoms with Crippen LogP contribution in [0.25, 0.3) is 11.5 Å². The zero-order chi connectivity index (χ0) is 11.5. The summed E-state index contributed by atoms with van der Waals surface area (Å²) in [5, 5.41) is 3.84. The molecule has 0 aliphatic heterocycles. The SMILES string of the molecule is CN(C)c1noc(-c2ccnc(CN)c2)n1. The van der Waals surface area contributed by atoms with Gasteiger partial charge >= 0.3 is 0 Å². The van der Waals surface area contributed by atoms with Crippen molar-refractivity contribution in [2.24, 2.45) is 5.73 Å². The first-order chi connectivity index (χ1) is 7.70. The van der Waals surface area contributed by atoms with Crippen LogP contribution in [0.4, 0.5) is 5.95 Å². The predicted octanol–water partition coefficient (Wildman–Crippen LogP) is 0.656. The molecule has 0 fully saturated rings. The fourth-order valence-corrected chi connectivity index (χ4v) is 1.24. The van der Waals surface area contributed by atoms with Gasteiger partial charge in [0, 0.05) is 32.4 Å². The molecule has 2 aromatic rings. The largest absolute Gasteiger partial charge is 0.344 e. The normalized spacial score (nSPS) is 10.4. The van der Waals surface area contributed by atoms with Crippen LogP contribution in [0, 0.1) is 0 Å². The quantitative estimate of drug-likeness (QED) is 0.816. The van der Waals surface area contributed by atoms with Crippen LogP contribution in [0.5, 0.6) is 0 Å². The molecular weight excluding hydrogens is 206 g/mol. The first-order valence-electron chi connectivity index (χ1n) is 4.87. The fourth-order valence-electron chi connectivity index (χ4n) is 1.24. The highest BCUT2D eigenvalue weighted by molar-refractivity contribution is 5.54. The number of nitrogens with two attached hydrogens (primary N) is 1. The van der Waals surface area contributed by atoms with Crippen molar-refractivity contribution < 1.29 is 4.52 Å². The summed E-state index contributed by atoms with van der Waals surface area (Å²) in [5.74, 6) is 1.02. The minimum absolute atomic E-state index is 0.391. The molecule has 6 heteroatoms. The van der Waals surface area contributed by atoms with Crippen LogP contribution in [0.1, 0.15) is 5.69 Å². The second kappa shape index (κ2) is 4.28. The Balaban J connectivity index is 2.34. The molecule has 0 aliphatic rings. The molecular formula is C10H13N5O. The van der Waals surface area contributed by atoms with Gasteiger partial charge in [-0.2, -0.15) is 4.98 Å². The molecule has 0 atom stereocenters. The smallest absolute Gasteiger partial charge is 0.265 e. The third-order valence-corrected chi connectivity index (χ3v) is 2.09. The zero-order valence-corrected chi connectivity index (χ0v) is 9.21. The number of anilines is 1. The van der Waals surface area contributed by atoms with Crippen LogP contribution in [0.2, 0.25) is 0 Å². The number of hydrogen-bond donors (Lipinski definition) is 1. The van der Waals surface area contributed by atoms with Crippen molar-refractivity contribution in [2.45, 2.75) is 6.54 Å². The van der Waals surface area contributed by atoms with Crippen LogP contribution in [-0.4, -0.2) is 29.2 Å². The Morgan fingerprint density at radius 2 is 2.25 bits per heavy atom. The molecule has 0 spiro atoms. The van der Waals surface area contributed by atoms with Crippen LogP contribution < -0.4 is 10.6 Å². The van der Waals surface area contributed by atoms with Gasteiger partial charge in [-0.15, -0.1) is 0 Å². The summed E-state index contributed by atoms with van der Waals surface area (Å²) in [6, 6.07) is 3.65. The highest BCUT2D eigenvalue weighted by Crippen LogP contribution is 2.19. The van der Waals surface area contributed by atoms with Gasteiger partial charge in [-0.25, -0.2) is 0 Å². The van der Waals surface area contributed by atoms with Gasteiger partial charge in [0.15, 0.2) is 0 Å². The standard InChI is InChI=1S/C10H13N5O/c1-15(2)10-13-9(16-14-10)7-3-4-12-8(5-7)6-11/h3-5H,6,11H2,1-2H3. The fraction of sp³-hybridized carbons (Fsp3) is 0.300. The summed E-state index contributed by atoms with van der Waals surface area (Å²) in [4.78, 5) is 10.1. The Morgan fingerprint density at radius 3 is 2.88 bits per heavy atom. The highest BCUT2D eigenvalue weighted by atomic mass is 16.5. The van der Waals surface area contributed by atoms with E-state index in [1.165, 1.54) is 0 Å². The van der Waals surface area contributed by atoms with Gasteiger partial charge in [-0.3, -0.25) is 4.98 Å². The molecule has 0 saturated carbocycles. The van der Waals surface area contributed by atoms with Crippen LogP contribution >= 0.6 is 0 Å². The van der Waals surface area contributed by atoms with Gasteiger partial charge < -0.3 is 15.2 Å². The highest BCUT2D eigenvalue weighted by Gasteiger charge is 2.10. The average molecular weight is 219 g/mol. The van der Waals surface area contributed by atoms with E-state index in [1.807, 2.05) is 26.2 Å². The molecule has 84 valence electrons. The van der Waals surface area contributed by atoms with Crippen molar-refractivity contribution in [3.8, 4) is 11.5 Å².